The topological polar surface area (TPSA) is 46.0 Å². The van der Waals surface area contributed by atoms with Gasteiger partial charge >= 0.3 is 0 Å². The maximum absolute atomic E-state index is 9.70. The average Bonchev–Trinajstić information content (AvgIpc) is 3.14. The number of aromatic nitrogens is 2. The van der Waals surface area contributed by atoms with E-state index in [1.807, 2.05) is 12.1 Å². The molecule has 1 aliphatic rings. The van der Waals surface area contributed by atoms with E-state index in [-0.39, 0.29) is 5.75 Å². The number of hydrogen-bond donors (Lipinski definition) is 1. The van der Waals surface area contributed by atoms with Crippen LogP contribution in [0.15, 0.2) is 36.7 Å². The van der Waals surface area contributed by atoms with Crippen molar-refractivity contribution in [3.63, 3.8) is 0 Å². The third kappa shape index (κ3) is 1.65. The van der Waals surface area contributed by atoms with Gasteiger partial charge in [0.05, 0.1) is 0 Å². The summed E-state index contributed by atoms with van der Waals surface area (Å²) in [6.07, 6.45) is 5.98. The fraction of sp³-hybridized carbons (Fsp3) is 0.231. The Labute approximate surface area is 93.8 Å². The Morgan fingerprint density at radius 3 is 2.38 bits per heavy atom. The van der Waals surface area contributed by atoms with E-state index in [9.17, 15) is 5.11 Å². The molecule has 0 radical (unpaired) electrons. The SMILES string of the molecule is Oc1ccccc1-c1cnc(C2CC2)nc1. The van der Waals surface area contributed by atoms with E-state index in [0.29, 0.717) is 5.92 Å². The van der Waals surface area contributed by atoms with Crippen LogP contribution in [0.4, 0.5) is 0 Å². The van der Waals surface area contributed by atoms with Gasteiger partial charge < -0.3 is 5.11 Å². The van der Waals surface area contributed by atoms with Crippen molar-refractivity contribution in [1.82, 2.24) is 9.97 Å². The number of para-hydroxylation sites is 1. The molecule has 0 bridgehead atoms. The Morgan fingerprint density at radius 2 is 1.75 bits per heavy atom. The van der Waals surface area contributed by atoms with Gasteiger partial charge in [-0.05, 0) is 18.9 Å². The van der Waals surface area contributed by atoms with Crippen LogP contribution in [0, 0.1) is 0 Å². The zero-order chi connectivity index (χ0) is 11.0. The first-order valence-corrected chi connectivity index (χ1v) is 5.45. The summed E-state index contributed by atoms with van der Waals surface area (Å²) in [7, 11) is 0. The third-order valence-electron chi connectivity index (χ3n) is 2.83. The second-order valence-corrected chi connectivity index (χ2v) is 4.12. The zero-order valence-corrected chi connectivity index (χ0v) is 8.80. The third-order valence-corrected chi connectivity index (χ3v) is 2.83. The van der Waals surface area contributed by atoms with Gasteiger partial charge in [-0.3, -0.25) is 0 Å². The summed E-state index contributed by atoms with van der Waals surface area (Å²) >= 11 is 0. The predicted molar refractivity (Wildman–Crippen MR) is 61.1 cm³/mol. The minimum absolute atomic E-state index is 0.269. The summed E-state index contributed by atoms with van der Waals surface area (Å²) in [5, 5.41) is 9.70. The molecule has 0 atom stereocenters. The fourth-order valence-corrected chi connectivity index (χ4v) is 1.75. The van der Waals surface area contributed by atoms with Crippen LogP contribution in [0.2, 0.25) is 0 Å². The lowest BCUT2D eigenvalue weighted by molar-refractivity contribution is 0.477. The normalized spacial score (nSPS) is 15.0. The number of benzene rings is 1. The van der Waals surface area contributed by atoms with Gasteiger partial charge in [-0.2, -0.15) is 0 Å². The molecule has 1 saturated carbocycles. The Bertz CT molecular complexity index is 504. The molecule has 1 N–H and O–H groups in total. The minimum Gasteiger partial charge on any atom is -0.507 e. The van der Waals surface area contributed by atoms with Gasteiger partial charge in [-0.25, -0.2) is 9.97 Å². The van der Waals surface area contributed by atoms with Gasteiger partial charge in [-0.1, -0.05) is 18.2 Å². The van der Waals surface area contributed by atoms with Crippen molar-refractivity contribution in [3.8, 4) is 16.9 Å². The second-order valence-electron chi connectivity index (χ2n) is 4.12. The highest BCUT2D eigenvalue weighted by Gasteiger charge is 2.26. The number of phenolic OH excluding ortho intramolecular Hbond substituents is 1. The molecular formula is C13H12N2O. The predicted octanol–water partition coefficient (Wildman–Crippen LogP) is 2.73. The molecule has 0 unspecified atom stereocenters. The van der Waals surface area contributed by atoms with Gasteiger partial charge in [0, 0.05) is 29.4 Å². The number of nitrogens with zero attached hydrogens (tertiary/aromatic N) is 2. The van der Waals surface area contributed by atoms with Crippen LogP contribution in [-0.4, -0.2) is 15.1 Å². The van der Waals surface area contributed by atoms with Crippen LogP contribution < -0.4 is 0 Å². The first-order valence-electron chi connectivity index (χ1n) is 5.45. The lowest BCUT2D eigenvalue weighted by Gasteiger charge is -2.04. The summed E-state index contributed by atoms with van der Waals surface area (Å²) in [5.74, 6) is 1.77. The molecule has 1 aromatic carbocycles. The van der Waals surface area contributed by atoms with Gasteiger partial charge in [0.15, 0.2) is 0 Å². The highest BCUT2D eigenvalue weighted by molar-refractivity contribution is 5.68. The van der Waals surface area contributed by atoms with Crippen molar-refractivity contribution in [1.29, 1.82) is 0 Å². The first-order chi connectivity index (χ1) is 7.84. The molecule has 3 nitrogen and oxygen atoms in total. The van der Waals surface area contributed by atoms with Gasteiger partial charge in [0.2, 0.25) is 0 Å². The van der Waals surface area contributed by atoms with E-state index < -0.39 is 0 Å². The Hall–Kier alpha value is -1.90. The van der Waals surface area contributed by atoms with E-state index in [0.717, 1.165) is 17.0 Å². The number of hydrogen-bond acceptors (Lipinski definition) is 3. The molecule has 1 aromatic heterocycles. The molecule has 1 aliphatic carbocycles. The standard InChI is InChI=1S/C13H12N2O/c16-12-4-2-1-3-11(12)10-7-14-13(15-8-10)9-5-6-9/h1-4,7-9,16H,5-6H2. The Kier molecular flexibility index (Phi) is 2.10. The maximum atomic E-state index is 9.70. The van der Waals surface area contributed by atoms with Crippen molar-refractivity contribution in [3.05, 3.63) is 42.5 Å². The fourth-order valence-electron chi connectivity index (χ4n) is 1.75. The molecule has 0 amide bonds. The summed E-state index contributed by atoms with van der Waals surface area (Å²) in [6.45, 7) is 0. The van der Waals surface area contributed by atoms with Crippen molar-refractivity contribution >= 4 is 0 Å². The summed E-state index contributed by atoms with van der Waals surface area (Å²) in [5.41, 5.74) is 1.65. The molecule has 1 heterocycles. The first kappa shape index (κ1) is 9.33. The lowest BCUT2D eigenvalue weighted by atomic mass is 10.1. The van der Waals surface area contributed by atoms with Crippen molar-refractivity contribution < 1.29 is 5.11 Å². The van der Waals surface area contributed by atoms with Crippen LogP contribution in [0.1, 0.15) is 24.6 Å². The Balaban J connectivity index is 1.97. The Morgan fingerprint density at radius 1 is 1.06 bits per heavy atom. The van der Waals surface area contributed by atoms with Crippen LogP contribution in [-0.2, 0) is 0 Å². The van der Waals surface area contributed by atoms with Crippen LogP contribution >= 0.6 is 0 Å². The van der Waals surface area contributed by atoms with E-state index in [4.69, 9.17) is 0 Å². The minimum atomic E-state index is 0.269. The molecule has 2 aromatic rings. The van der Waals surface area contributed by atoms with Crippen molar-refractivity contribution in [2.24, 2.45) is 0 Å². The van der Waals surface area contributed by atoms with Gasteiger partial charge in [-0.15, -0.1) is 0 Å². The zero-order valence-electron chi connectivity index (χ0n) is 8.80. The monoisotopic (exact) mass is 212 g/mol. The summed E-state index contributed by atoms with van der Waals surface area (Å²) < 4.78 is 0. The van der Waals surface area contributed by atoms with Crippen molar-refractivity contribution in [2.45, 2.75) is 18.8 Å². The molecule has 16 heavy (non-hydrogen) atoms. The van der Waals surface area contributed by atoms with Gasteiger partial charge in [0.25, 0.3) is 0 Å². The summed E-state index contributed by atoms with van der Waals surface area (Å²) in [4.78, 5) is 8.67. The highest BCUT2D eigenvalue weighted by atomic mass is 16.3. The molecule has 0 saturated heterocycles. The van der Waals surface area contributed by atoms with E-state index in [2.05, 4.69) is 9.97 Å². The number of aromatic hydroxyl groups is 1. The number of phenols is 1. The summed E-state index contributed by atoms with van der Waals surface area (Å²) in [6, 6.07) is 7.23. The highest BCUT2D eigenvalue weighted by Crippen LogP contribution is 2.38. The van der Waals surface area contributed by atoms with Crippen LogP contribution in [0.5, 0.6) is 5.75 Å². The molecule has 80 valence electrons. The van der Waals surface area contributed by atoms with Crippen LogP contribution in [0.3, 0.4) is 0 Å². The van der Waals surface area contributed by atoms with Crippen molar-refractivity contribution in [2.75, 3.05) is 0 Å². The largest absolute Gasteiger partial charge is 0.507 e. The van der Waals surface area contributed by atoms with E-state index in [1.165, 1.54) is 12.8 Å². The molecule has 0 spiro atoms. The lowest BCUT2D eigenvalue weighted by Crippen LogP contribution is -1.92. The van der Waals surface area contributed by atoms with E-state index in [1.54, 1.807) is 24.5 Å². The average molecular weight is 212 g/mol. The maximum Gasteiger partial charge on any atom is 0.131 e. The van der Waals surface area contributed by atoms with E-state index >= 15 is 0 Å². The molecule has 3 heteroatoms. The second kappa shape index (κ2) is 3.59. The van der Waals surface area contributed by atoms with Crippen LogP contribution in [0.25, 0.3) is 11.1 Å². The van der Waals surface area contributed by atoms with Gasteiger partial charge in [0.1, 0.15) is 11.6 Å². The quantitative estimate of drug-likeness (QED) is 0.832. The molecule has 1 fully saturated rings. The molecule has 0 aliphatic heterocycles. The molecular weight excluding hydrogens is 200 g/mol. The number of rotatable bonds is 2. The smallest absolute Gasteiger partial charge is 0.131 e. The molecule has 3 rings (SSSR count).